The molecule has 1 aliphatic heterocycles. The monoisotopic (exact) mass is 481 g/mol. The van der Waals surface area contributed by atoms with Crippen LogP contribution in [0.5, 0.6) is 0 Å². The molecule has 0 atom stereocenters. The smallest absolute Gasteiger partial charge is 0.408 e. The minimum absolute atomic E-state index is 0.0497. The second kappa shape index (κ2) is 9.23. The van der Waals surface area contributed by atoms with Crippen LogP contribution >= 0.6 is 23.2 Å². The zero-order chi connectivity index (χ0) is 23.0. The van der Waals surface area contributed by atoms with Crippen molar-refractivity contribution in [3.05, 3.63) is 28.2 Å². The molecule has 1 N–H and O–H groups in total. The van der Waals surface area contributed by atoms with Crippen molar-refractivity contribution in [2.24, 2.45) is 5.41 Å². The number of rotatable bonds is 5. The van der Waals surface area contributed by atoms with Crippen LogP contribution in [0.15, 0.2) is 18.2 Å². The summed E-state index contributed by atoms with van der Waals surface area (Å²) in [5, 5.41) is 4.52. The maximum absolute atomic E-state index is 12.3. The van der Waals surface area contributed by atoms with Crippen molar-refractivity contribution in [2.75, 3.05) is 37.6 Å². The summed E-state index contributed by atoms with van der Waals surface area (Å²) in [4.78, 5) is 17.3. The molecule has 3 aliphatic carbocycles. The predicted octanol–water partition coefficient (Wildman–Crippen LogP) is 6.12. The lowest BCUT2D eigenvalue weighted by atomic mass is 9.56. The van der Waals surface area contributed by atoms with Crippen molar-refractivity contribution in [1.82, 2.24) is 10.2 Å². The molecule has 3 saturated carbocycles. The fraction of sp³-hybridized carbons (Fsp3) is 0.720. The van der Waals surface area contributed by atoms with E-state index in [-0.39, 0.29) is 11.6 Å². The molecule has 5 rings (SSSR count). The summed E-state index contributed by atoms with van der Waals surface area (Å²) >= 11 is 12.6. The molecule has 178 valence electrons. The third-order valence-corrected chi connectivity index (χ3v) is 8.58. The zero-order valence-electron chi connectivity index (χ0n) is 19.7. The fourth-order valence-corrected chi connectivity index (χ4v) is 6.11. The molecule has 1 heterocycles. The molecule has 5 nitrogen and oxygen atoms in total. The van der Waals surface area contributed by atoms with Gasteiger partial charge in [-0.15, -0.1) is 0 Å². The number of hydrogen-bond donors (Lipinski definition) is 1. The molecule has 7 heteroatoms. The van der Waals surface area contributed by atoms with Crippen LogP contribution in [-0.2, 0) is 4.74 Å². The van der Waals surface area contributed by atoms with Crippen molar-refractivity contribution >= 4 is 35.0 Å². The average Bonchev–Trinajstić information content (AvgIpc) is 2.75. The van der Waals surface area contributed by atoms with Gasteiger partial charge in [-0.2, -0.15) is 0 Å². The molecule has 1 aromatic rings. The Hall–Kier alpha value is -1.17. The van der Waals surface area contributed by atoms with E-state index in [4.69, 9.17) is 27.9 Å². The summed E-state index contributed by atoms with van der Waals surface area (Å²) in [6, 6.07) is 5.87. The van der Waals surface area contributed by atoms with Crippen molar-refractivity contribution in [3.8, 4) is 0 Å². The lowest BCUT2D eigenvalue weighted by Gasteiger charge is -2.54. The number of hydrogen-bond acceptors (Lipinski definition) is 4. The molecule has 0 spiro atoms. The zero-order valence-corrected chi connectivity index (χ0v) is 21.2. The van der Waals surface area contributed by atoms with E-state index in [1.54, 1.807) is 0 Å². The number of piperazine rings is 1. The second-order valence-electron chi connectivity index (χ2n) is 11.1. The van der Waals surface area contributed by atoms with Gasteiger partial charge in [0.05, 0.1) is 15.7 Å². The van der Waals surface area contributed by atoms with Crippen LogP contribution < -0.4 is 10.2 Å². The van der Waals surface area contributed by atoms with Gasteiger partial charge in [0.1, 0.15) is 5.60 Å². The summed E-state index contributed by atoms with van der Waals surface area (Å²) in [6.45, 7) is 11.0. The number of carbonyl (C=O) groups excluding carboxylic acids is 1. The third kappa shape index (κ3) is 5.48. The predicted molar refractivity (Wildman–Crippen MR) is 132 cm³/mol. The highest BCUT2D eigenvalue weighted by Crippen LogP contribution is 2.54. The molecular weight excluding hydrogens is 445 g/mol. The minimum Gasteiger partial charge on any atom is -0.444 e. The number of fused-ring (bicyclic) bond motifs is 3. The number of halogens is 2. The molecular formula is C25H37Cl2N3O2. The first kappa shape index (κ1) is 24.0. The number of ether oxygens (including phenoxy) is 1. The minimum atomic E-state index is -0.448. The van der Waals surface area contributed by atoms with Crippen LogP contribution in [0.4, 0.5) is 10.5 Å². The maximum Gasteiger partial charge on any atom is 0.408 e. The number of nitrogens with zero attached hydrogens (tertiary/aromatic N) is 2. The number of amides is 1. The van der Waals surface area contributed by atoms with E-state index in [9.17, 15) is 4.79 Å². The Kier molecular flexibility index (Phi) is 6.91. The van der Waals surface area contributed by atoms with Crippen molar-refractivity contribution in [3.63, 3.8) is 0 Å². The van der Waals surface area contributed by atoms with Crippen molar-refractivity contribution < 1.29 is 9.53 Å². The normalized spacial score (nSPS) is 28.6. The molecule has 1 saturated heterocycles. The molecule has 4 fully saturated rings. The highest BCUT2D eigenvalue weighted by molar-refractivity contribution is 6.43. The summed E-state index contributed by atoms with van der Waals surface area (Å²) in [7, 11) is 0. The Morgan fingerprint density at radius 1 is 1.03 bits per heavy atom. The van der Waals surface area contributed by atoms with Crippen LogP contribution in [0.25, 0.3) is 0 Å². The number of carbonyl (C=O) groups is 1. The van der Waals surface area contributed by atoms with Gasteiger partial charge in [-0.1, -0.05) is 29.3 Å². The van der Waals surface area contributed by atoms with Gasteiger partial charge < -0.3 is 15.0 Å². The molecule has 1 aromatic carbocycles. The number of nitrogens with one attached hydrogen (secondary N) is 1. The van der Waals surface area contributed by atoms with Gasteiger partial charge in [0.25, 0.3) is 0 Å². The van der Waals surface area contributed by atoms with Crippen molar-refractivity contribution in [1.29, 1.82) is 0 Å². The Labute approximate surface area is 202 Å². The van der Waals surface area contributed by atoms with Crippen LogP contribution in [0.3, 0.4) is 0 Å². The lowest BCUT2D eigenvalue weighted by Crippen LogP contribution is -2.57. The van der Waals surface area contributed by atoms with Gasteiger partial charge >= 0.3 is 6.09 Å². The van der Waals surface area contributed by atoms with Crippen LogP contribution in [0, 0.1) is 5.41 Å². The average molecular weight is 482 g/mol. The second-order valence-corrected chi connectivity index (χ2v) is 11.8. The largest absolute Gasteiger partial charge is 0.444 e. The van der Waals surface area contributed by atoms with Gasteiger partial charge in [-0.3, -0.25) is 4.90 Å². The standard InChI is InChI=1S/C25H37Cl2N3O2/c1-23(2,3)32-22(31)28-25-10-7-24(8-11-25,9-12-25)13-14-29-15-17-30(18-16-29)20-6-4-5-19(26)21(20)27/h4-6H,7-18H2,1-3H3,(H,28,31). The van der Waals surface area contributed by atoms with E-state index in [1.807, 2.05) is 32.9 Å². The van der Waals surface area contributed by atoms with Gasteiger partial charge in [0.2, 0.25) is 0 Å². The Balaban J connectivity index is 1.23. The van der Waals surface area contributed by atoms with Crippen LogP contribution in [-0.4, -0.2) is 54.9 Å². The summed E-state index contributed by atoms with van der Waals surface area (Å²) < 4.78 is 5.51. The summed E-state index contributed by atoms with van der Waals surface area (Å²) in [5.74, 6) is 0. The Morgan fingerprint density at radius 2 is 1.66 bits per heavy atom. The fourth-order valence-electron chi connectivity index (χ4n) is 5.69. The molecule has 0 unspecified atom stereocenters. The van der Waals surface area contributed by atoms with E-state index in [0.29, 0.717) is 15.5 Å². The first-order valence-electron chi connectivity index (χ1n) is 12.0. The SMILES string of the molecule is CC(C)(C)OC(=O)NC12CCC(CCN3CCN(c4cccc(Cl)c4Cl)CC3)(CC1)CC2. The topological polar surface area (TPSA) is 44.8 Å². The summed E-state index contributed by atoms with van der Waals surface area (Å²) in [5.41, 5.74) is 0.998. The van der Waals surface area contributed by atoms with Gasteiger partial charge in [0, 0.05) is 31.7 Å². The van der Waals surface area contributed by atoms with Gasteiger partial charge in [0.15, 0.2) is 0 Å². The van der Waals surface area contributed by atoms with E-state index in [1.165, 1.54) is 25.7 Å². The third-order valence-electron chi connectivity index (χ3n) is 7.77. The van der Waals surface area contributed by atoms with Crippen molar-refractivity contribution in [2.45, 2.75) is 76.9 Å². The van der Waals surface area contributed by atoms with Crippen LogP contribution in [0.2, 0.25) is 10.0 Å². The molecule has 0 radical (unpaired) electrons. The molecule has 1 amide bonds. The first-order chi connectivity index (χ1) is 15.1. The van der Waals surface area contributed by atoms with Gasteiger partial charge in [-0.25, -0.2) is 4.79 Å². The van der Waals surface area contributed by atoms with E-state index >= 15 is 0 Å². The number of benzene rings is 1. The maximum atomic E-state index is 12.3. The van der Waals surface area contributed by atoms with E-state index in [2.05, 4.69) is 21.2 Å². The Bertz CT molecular complexity index is 806. The highest BCUT2D eigenvalue weighted by atomic mass is 35.5. The lowest BCUT2D eigenvalue weighted by molar-refractivity contribution is -0.00357. The molecule has 4 aliphatic rings. The molecule has 2 bridgehead atoms. The summed E-state index contributed by atoms with van der Waals surface area (Å²) in [6.07, 6.45) is 7.86. The van der Waals surface area contributed by atoms with Crippen LogP contribution in [0.1, 0.15) is 65.7 Å². The quantitative estimate of drug-likeness (QED) is 0.549. The highest BCUT2D eigenvalue weighted by Gasteiger charge is 2.49. The van der Waals surface area contributed by atoms with E-state index < -0.39 is 5.60 Å². The first-order valence-corrected chi connectivity index (χ1v) is 12.8. The van der Waals surface area contributed by atoms with Gasteiger partial charge in [-0.05, 0) is 89.8 Å². The number of anilines is 1. The number of alkyl carbamates (subject to hydrolysis) is 1. The van der Waals surface area contributed by atoms with E-state index in [0.717, 1.165) is 57.7 Å². The molecule has 32 heavy (non-hydrogen) atoms. The molecule has 0 aromatic heterocycles. The Morgan fingerprint density at radius 3 is 2.25 bits per heavy atom.